The molecular formula is C19H22N2O. The molecular weight excluding hydrogens is 272 g/mol. The monoisotopic (exact) mass is 294 g/mol. The van der Waals surface area contributed by atoms with Crippen molar-refractivity contribution in [3.63, 3.8) is 0 Å². The number of hydrogen-bond donors (Lipinski definition) is 0. The number of hydrogen-bond acceptors (Lipinski definition) is 3. The summed E-state index contributed by atoms with van der Waals surface area (Å²) >= 11 is 0. The van der Waals surface area contributed by atoms with Gasteiger partial charge in [0.05, 0.1) is 5.69 Å². The number of ketones is 1. The molecule has 114 valence electrons. The van der Waals surface area contributed by atoms with Crippen molar-refractivity contribution in [1.82, 2.24) is 0 Å². The van der Waals surface area contributed by atoms with Crippen LogP contribution < -0.4 is 4.90 Å². The molecule has 0 aliphatic carbocycles. The first kappa shape index (κ1) is 16.0. The molecule has 2 aromatic rings. The zero-order valence-electron chi connectivity index (χ0n) is 13.4. The van der Waals surface area contributed by atoms with Crippen LogP contribution >= 0.6 is 0 Å². The molecule has 2 aromatic carbocycles. The van der Waals surface area contributed by atoms with E-state index in [9.17, 15) is 4.79 Å². The van der Waals surface area contributed by atoms with Crippen molar-refractivity contribution in [2.24, 2.45) is 4.99 Å². The summed E-state index contributed by atoms with van der Waals surface area (Å²) in [6.07, 6.45) is 2.76. The number of anilines is 1. The van der Waals surface area contributed by atoms with Crippen molar-refractivity contribution in [3.05, 3.63) is 59.7 Å². The highest BCUT2D eigenvalue weighted by molar-refractivity contribution is 6.09. The number of rotatable bonds is 6. The summed E-state index contributed by atoms with van der Waals surface area (Å²) in [5.74, 6) is 0.0386. The molecule has 22 heavy (non-hydrogen) atoms. The minimum Gasteiger partial charge on any atom is -0.375 e. The average Bonchev–Trinajstić information content (AvgIpc) is 2.59. The van der Waals surface area contributed by atoms with Crippen LogP contribution in [0.25, 0.3) is 0 Å². The Labute approximate surface area is 132 Å². The molecule has 0 unspecified atom stereocenters. The van der Waals surface area contributed by atoms with Crippen molar-refractivity contribution < 1.29 is 4.79 Å². The number of carbonyl (C=O) groups excluding carboxylic acids is 1. The van der Waals surface area contributed by atoms with E-state index in [2.05, 4.69) is 16.8 Å². The van der Waals surface area contributed by atoms with E-state index in [1.54, 1.807) is 0 Å². The summed E-state index contributed by atoms with van der Waals surface area (Å²) in [4.78, 5) is 18.9. The summed E-state index contributed by atoms with van der Waals surface area (Å²) in [5.41, 5.74) is 3.38. The fraction of sp³-hybridized carbons (Fsp3) is 0.263. The topological polar surface area (TPSA) is 32.7 Å². The van der Waals surface area contributed by atoms with Gasteiger partial charge in [0.15, 0.2) is 5.78 Å². The number of benzene rings is 2. The molecule has 0 bridgehead atoms. The van der Waals surface area contributed by atoms with Gasteiger partial charge in [-0.25, -0.2) is 0 Å². The van der Waals surface area contributed by atoms with Gasteiger partial charge >= 0.3 is 0 Å². The molecule has 0 aliphatic heterocycles. The molecule has 3 heteroatoms. The lowest BCUT2D eigenvalue weighted by atomic mass is 10.0. The highest BCUT2D eigenvalue weighted by Gasteiger charge is 2.09. The van der Waals surface area contributed by atoms with Crippen LogP contribution in [0.5, 0.6) is 0 Å². The Kier molecular flexibility index (Phi) is 5.48. The van der Waals surface area contributed by atoms with Crippen LogP contribution in [0.1, 0.15) is 36.2 Å². The van der Waals surface area contributed by atoms with Gasteiger partial charge in [-0.1, -0.05) is 6.92 Å². The predicted molar refractivity (Wildman–Crippen MR) is 93.7 cm³/mol. The van der Waals surface area contributed by atoms with Gasteiger partial charge in [0.2, 0.25) is 0 Å². The first-order valence-electron chi connectivity index (χ1n) is 7.64. The normalized spacial score (nSPS) is 10.9. The summed E-state index contributed by atoms with van der Waals surface area (Å²) in [6, 6.07) is 15.1. The van der Waals surface area contributed by atoms with E-state index < -0.39 is 0 Å². The largest absolute Gasteiger partial charge is 0.375 e. The molecule has 0 spiro atoms. The number of carbonyl (C=O) groups is 1. The third kappa shape index (κ3) is 3.82. The van der Waals surface area contributed by atoms with Crippen LogP contribution in [0.3, 0.4) is 0 Å². The van der Waals surface area contributed by atoms with E-state index in [4.69, 9.17) is 0 Å². The predicted octanol–water partition coefficient (Wildman–Crippen LogP) is 4.49. The van der Waals surface area contributed by atoms with Gasteiger partial charge in [0.1, 0.15) is 0 Å². The fourth-order valence-electron chi connectivity index (χ4n) is 2.11. The molecule has 0 saturated carbocycles. The minimum absolute atomic E-state index is 0.0386. The summed E-state index contributed by atoms with van der Waals surface area (Å²) in [5, 5.41) is 0. The Morgan fingerprint density at radius 2 is 1.55 bits per heavy atom. The second-order valence-corrected chi connectivity index (χ2v) is 5.16. The van der Waals surface area contributed by atoms with Crippen molar-refractivity contribution >= 4 is 23.4 Å². The van der Waals surface area contributed by atoms with Crippen LogP contribution in [0.15, 0.2) is 53.5 Å². The van der Waals surface area contributed by atoms with E-state index in [-0.39, 0.29) is 5.78 Å². The van der Waals surface area contributed by atoms with Crippen LogP contribution in [0, 0.1) is 0 Å². The van der Waals surface area contributed by atoms with Crippen LogP contribution in [-0.2, 0) is 0 Å². The van der Waals surface area contributed by atoms with Crippen molar-refractivity contribution in [1.29, 1.82) is 0 Å². The van der Waals surface area contributed by atoms with Gasteiger partial charge in [-0.15, -0.1) is 0 Å². The molecule has 0 amide bonds. The smallest absolute Gasteiger partial charge is 0.193 e. The quantitative estimate of drug-likeness (QED) is 0.581. The standard InChI is InChI=1S/C19H22N2O/c1-4-14-20-17-10-6-15(7-11-17)19(22)16-8-12-18(13-9-16)21(3)5-2/h6-14H,4-5H2,1-3H3/b20-14+. The van der Waals surface area contributed by atoms with E-state index in [0.29, 0.717) is 11.1 Å². The Morgan fingerprint density at radius 3 is 2.05 bits per heavy atom. The average molecular weight is 294 g/mol. The van der Waals surface area contributed by atoms with Gasteiger partial charge in [0.25, 0.3) is 0 Å². The molecule has 3 nitrogen and oxygen atoms in total. The third-order valence-corrected chi connectivity index (χ3v) is 3.60. The van der Waals surface area contributed by atoms with Gasteiger partial charge in [-0.05, 0) is 61.9 Å². The van der Waals surface area contributed by atoms with Crippen LogP contribution in [0.2, 0.25) is 0 Å². The Hall–Kier alpha value is -2.42. The van der Waals surface area contributed by atoms with Gasteiger partial charge in [-0.3, -0.25) is 9.79 Å². The van der Waals surface area contributed by atoms with Crippen LogP contribution in [-0.4, -0.2) is 25.6 Å². The van der Waals surface area contributed by atoms with Gasteiger partial charge in [-0.2, -0.15) is 0 Å². The zero-order valence-corrected chi connectivity index (χ0v) is 13.4. The van der Waals surface area contributed by atoms with Crippen molar-refractivity contribution in [2.75, 3.05) is 18.5 Å². The molecule has 0 aliphatic rings. The van der Waals surface area contributed by atoms with Gasteiger partial charge < -0.3 is 4.90 Å². The molecule has 0 fully saturated rings. The molecule has 0 aromatic heterocycles. The maximum absolute atomic E-state index is 12.5. The lowest BCUT2D eigenvalue weighted by molar-refractivity contribution is 0.103. The third-order valence-electron chi connectivity index (χ3n) is 3.60. The summed E-state index contributed by atoms with van der Waals surface area (Å²) in [6.45, 7) is 5.08. The zero-order chi connectivity index (χ0) is 15.9. The molecule has 0 heterocycles. The second kappa shape index (κ2) is 7.55. The van der Waals surface area contributed by atoms with E-state index in [1.165, 1.54) is 0 Å². The minimum atomic E-state index is 0.0386. The maximum atomic E-state index is 12.5. The highest BCUT2D eigenvalue weighted by Crippen LogP contribution is 2.18. The SMILES string of the molecule is CC/C=N/c1ccc(C(=O)c2ccc(N(C)CC)cc2)cc1. The Morgan fingerprint density at radius 1 is 1.00 bits per heavy atom. The molecule has 2 rings (SSSR count). The number of aliphatic imine (C=N–C) groups is 1. The van der Waals surface area contributed by atoms with Crippen LogP contribution in [0.4, 0.5) is 11.4 Å². The summed E-state index contributed by atoms with van der Waals surface area (Å²) in [7, 11) is 2.03. The van der Waals surface area contributed by atoms with Crippen molar-refractivity contribution in [2.45, 2.75) is 20.3 Å². The maximum Gasteiger partial charge on any atom is 0.193 e. The van der Waals surface area contributed by atoms with E-state index in [0.717, 1.165) is 24.3 Å². The van der Waals surface area contributed by atoms with Gasteiger partial charge in [0, 0.05) is 36.6 Å². The Bertz CT molecular complexity index is 642. The molecule has 0 atom stereocenters. The van der Waals surface area contributed by atoms with E-state index in [1.807, 2.05) is 68.7 Å². The van der Waals surface area contributed by atoms with Crippen molar-refractivity contribution in [3.8, 4) is 0 Å². The summed E-state index contributed by atoms with van der Waals surface area (Å²) < 4.78 is 0. The fourth-order valence-corrected chi connectivity index (χ4v) is 2.11. The molecule has 0 N–H and O–H groups in total. The molecule has 0 radical (unpaired) electrons. The first-order chi connectivity index (χ1) is 10.7. The number of nitrogens with zero attached hydrogens (tertiary/aromatic N) is 2. The lowest BCUT2D eigenvalue weighted by Crippen LogP contribution is -2.15. The second-order valence-electron chi connectivity index (χ2n) is 5.16. The van der Waals surface area contributed by atoms with E-state index >= 15 is 0 Å². The lowest BCUT2D eigenvalue weighted by Gasteiger charge is -2.16. The Balaban J connectivity index is 2.15. The highest BCUT2D eigenvalue weighted by atomic mass is 16.1. The molecule has 0 saturated heterocycles. The first-order valence-corrected chi connectivity index (χ1v) is 7.64.